The van der Waals surface area contributed by atoms with E-state index < -0.39 is 5.97 Å². The number of nitrogens with zero attached hydrogens (tertiary/aromatic N) is 1. The molecule has 96 valence electrons. The molecule has 0 radical (unpaired) electrons. The van der Waals surface area contributed by atoms with Gasteiger partial charge in [-0.1, -0.05) is 27.2 Å². The van der Waals surface area contributed by atoms with E-state index in [4.69, 9.17) is 5.11 Å². The molecule has 1 aromatic rings. The normalized spacial score (nSPS) is 11.1. The number of hydrogen-bond donors (Lipinski definition) is 1. The van der Waals surface area contributed by atoms with Gasteiger partial charge >= 0.3 is 5.97 Å². The molecule has 3 nitrogen and oxygen atoms in total. The lowest BCUT2D eigenvalue weighted by Crippen LogP contribution is -2.01. The Morgan fingerprint density at radius 2 is 2.00 bits per heavy atom. The van der Waals surface area contributed by atoms with Crippen molar-refractivity contribution in [2.45, 2.75) is 58.8 Å². The van der Waals surface area contributed by atoms with Gasteiger partial charge in [-0.05, 0) is 19.3 Å². The molecule has 1 aromatic heterocycles. The van der Waals surface area contributed by atoms with Gasteiger partial charge in [0.1, 0.15) is 0 Å². The van der Waals surface area contributed by atoms with Crippen LogP contribution in [-0.4, -0.2) is 16.1 Å². The molecular weight excluding hydrogens is 234 g/mol. The maximum atomic E-state index is 10.8. The summed E-state index contributed by atoms with van der Waals surface area (Å²) in [4.78, 5) is 16.4. The van der Waals surface area contributed by atoms with Crippen molar-refractivity contribution >= 4 is 17.3 Å². The highest BCUT2D eigenvalue weighted by atomic mass is 32.1. The quantitative estimate of drug-likeness (QED) is 0.809. The first-order valence-corrected chi connectivity index (χ1v) is 7.14. The summed E-state index contributed by atoms with van der Waals surface area (Å²) in [6, 6.07) is 0. The van der Waals surface area contributed by atoms with Crippen molar-refractivity contribution in [2.75, 3.05) is 0 Å². The number of carboxylic acid groups (broad SMARTS) is 1. The van der Waals surface area contributed by atoms with Gasteiger partial charge in [0.05, 0.1) is 17.1 Å². The first kappa shape index (κ1) is 14.2. The summed E-state index contributed by atoms with van der Waals surface area (Å²) >= 11 is 1.59. The van der Waals surface area contributed by atoms with Gasteiger partial charge in [-0.2, -0.15) is 0 Å². The van der Waals surface area contributed by atoms with Crippen LogP contribution in [0, 0.1) is 0 Å². The minimum atomic E-state index is -0.762. The first-order chi connectivity index (χ1) is 8.12. The van der Waals surface area contributed by atoms with Gasteiger partial charge in [-0.15, -0.1) is 11.3 Å². The second-order valence-corrected chi connectivity index (χ2v) is 5.37. The highest BCUT2D eigenvalue weighted by molar-refractivity contribution is 7.12. The maximum Gasteiger partial charge on any atom is 0.308 e. The third-order valence-corrected chi connectivity index (χ3v) is 4.19. The fourth-order valence-corrected chi connectivity index (χ4v) is 3.29. The van der Waals surface area contributed by atoms with Crippen LogP contribution in [0.5, 0.6) is 0 Å². The number of thiazole rings is 1. The monoisotopic (exact) mass is 255 g/mol. The molecule has 0 amide bonds. The first-order valence-electron chi connectivity index (χ1n) is 6.32. The standard InChI is InChI=1S/C13H21NO2S/c1-4-7-10-11(8-12(15)16)17-13(14-10)9(5-2)6-3/h9H,4-8H2,1-3H3,(H,15,16). The van der Waals surface area contributed by atoms with Crippen LogP contribution in [0.2, 0.25) is 0 Å². The second-order valence-electron chi connectivity index (χ2n) is 4.26. The lowest BCUT2D eigenvalue weighted by molar-refractivity contribution is -0.136. The Morgan fingerprint density at radius 3 is 2.47 bits per heavy atom. The van der Waals surface area contributed by atoms with Crippen LogP contribution in [0.3, 0.4) is 0 Å². The van der Waals surface area contributed by atoms with E-state index in [1.807, 2.05) is 0 Å². The number of carbonyl (C=O) groups is 1. The Bertz CT molecular complexity index is 369. The van der Waals surface area contributed by atoms with Gasteiger partial charge in [0.2, 0.25) is 0 Å². The molecule has 0 unspecified atom stereocenters. The Morgan fingerprint density at radius 1 is 1.35 bits per heavy atom. The van der Waals surface area contributed by atoms with Crippen LogP contribution >= 0.6 is 11.3 Å². The molecule has 0 aromatic carbocycles. The average Bonchev–Trinajstić information content (AvgIpc) is 2.63. The largest absolute Gasteiger partial charge is 0.481 e. The Balaban J connectivity index is 2.97. The highest BCUT2D eigenvalue weighted by Gasteiger charge is 2.17. The van der Waals surface area contributed by atoms with Crippen molar-refractivity contribution in [1.29, 1.82) is 0 Å². The third kappa shape index (κ3) is 3.80. The van der Waals surface area contributed by atoms with E-state index >= 15 is 0 Å². The molecule has 0 bridgehead atoms. The summed E-state index contributed by atoms with van der Waals surface area (Å²) < 4.78 is 0. The summed E-state index contributed by atoms with van der Waals surface area (Å²) in [6.45, 7) is 6.42. The van der Waals surface area contributed by atoms with E-state index in [0.29, 0.717) is 5.92 Å². The minimum Gasteiger partial charge on any atom is -0.481 e. The van der Waals surface area contributed by atoms with Crippen molar-refractivity contribution in [3.05, 3.63) is 15.6 Å². The molecule has 0 aliphatic heterocycles. The van der Waals surface area contributed by atoms with Gasteiger partial charge in [0, 0.05) is 10.8 Å². The smallest absolute Gasteiger partial charge is 0.308 e. The summed E-state index contributed by atoms with van der Waals surface area (Å²) in [5.41, 5.74) is 1.00. The number of carboxylic acids is 1. The molecule has 0 spiro atoms. The van der Waals surface area contributed by atoms with Gasteiger partial charge in [-0.3, -0.25) is 4.79 Å². The van der Waals surface area contributed by atoms with E-state index in [1.165, 1.54) is 0 Å². The minimum absolute atomic E-state index is 0.118. The fourth-order valence-electron chi connectivity index (χ4n) is 1.92. The molecule has 1 rings (SSSR count). The third-order valence-electron chi connectivity index (χ3n) is 2.93. The van der Waals surface area contributed by atoms with E-state index in [0.717, 1.165) is 41.3 Å². The molecule has 1 heterocycles. The summed E-state index contributed by atoms with van der Waals surface area (Å²) in [7, 11) is 0. The van der Waals surface area contributed by atoms with Crippen LogP contribution in [-0.2, 0) is 17.6 Å². The second kappa shape index (κ2) is 6.74. The molecule has 4 heteroatoms. The van der Waals surface area contributed by atoms with Crippen LogP contribution in [0.1, 0.15) is 61.5 Å². The van der Waals surface area contributed by atoms with Gasteiger partial charge < -0.3 is 5.11 Å². The van der Waals surface area contributed by atoms with Crippen LogP contribution in [0.15, 0.2) is 0 Å². The van der Waals surface area contributed by atoms with Crippen LogP contribution < -0.4 is 0 Å². The van der Waals surface area contributed by atoms with E-state index in [1.54, 1.807) is 11.3 Å². The molecular formula is C13H21NO2S. The molecule has 0 saturated heterocycles. The molecule has 0 fully saturated rings. The summed E-state index contributed by atoms with van der Waals surface area (Å²) in [5.74, 6) is -0.278. The van der Waals surface area contributed by atoms with Crippen molar-refractivity contribution in [1.82, 2.24) is 4.98 Å². The zero-order chi connectivity index (χ0) is 12.8. The molecule has 0 aliphatic carbocycles. The highest BCUT2D eigenvalue weighted by Crippen LogP contribution is 2.30. The molecule has 17 heavy (non-hydrogen) atoms. The molecule has 1 N–H and O–H groups in total. The molecule has 0 atom stereocenters. The van der Waals surface area contributed by atoms with Crippen molar-refractivity contribution in [3.63, 3.8) is 0 Å². The van der Waals surface area contributed by atoms with Gasteiger partial charge in [0.25, 0.3) is 0 Å². The fraction of sp³-hybridized carbons (Fsp3) is 0.692. The number of aryl methyl sites for hydroxylation is 1. The molecule has 0 saturated carbocycles. The summed E-state index contributed by atoms with van der Waals surface area (Å²) in [5, 5.41) is 10.0. The van der Waals surface area contributed by atoms with Crippen molar-refractivity contribution in [2.24, 2.45) is 0 Å². The zero-order valence-electron chi connectivity index (χ0n) is 10.8. The van der Waals surface area contributed by atoms with Crippen molar-refractivity contribution in [3.8, 4) is 0 Å². The Labute approximate surface area is 107 Å². The number of hydrogen-bond acceptors (Lipinski definition) is 3. The van der Waals surface area contributed by atoms with Gasteiger partial charge in [0.15, 0.2) is 0 Å². The SMILES string of the molecule is CCCc1nc(C(CC)CC)sc1CC(=O)O. The van der Waals surface area contributed by atoms with Gasteiger partial charge in [-0.25, -0.2) is 4.98 Å². The summed E-state index contributed by atoms with van der Waals surface area (Å²) in [6.07, 6.45) is 4.16. The predicted octanol–water partition coefficient (Wildman–Crippen LogP) is 3.63. The topological polar surface area (TPSA) is 50.2 Å². The lowest BCUT2D eigenvalue weighted by atomic mass is 10.1. The number of rotatable bonds is 7. The zero-order valence-corrected chi connectivity index (χ0v) is 11.6. The van der Waals surface area contributed by atoms with Crippen LogP contribution in [0.25, 0.3) is 0 Å². The predicted molar refractivity (Wildman–Crippen MR) is 70.8 cm³/mol. The van der Waals surface area contributed by atoms with E-state index in [-0.39, 0.29) is 6.42 Å². The lowest BCUT2D eigenvalue weighted by Gasteiger charge is -2.06. The number of aliphatic carboxylic acids is 1. The Kier molecular flexibility index (Phi) is 5.62. The van der Waals surface area contributed by atoms with Crippen LogP contribution in [0.4, 0.5) is 0 Å². The van der Waals surface area contributed by atoms with E-state index in [9.17, 15) is 4.79 Å². The molecule has 0 aliphatic rings. The Hall–Kier alpha value is -0.900. The average molecular weight is 255 g/mol. The van der Waals surface area contributed by atoms with E-state index in [2.05, 4.69) is 25.8 Å². The van der Waals surface area contributed by atoms with Crippen molar-refractivity contribution < 1.29 is 9.90 Å². The number of aromatic nitrogens is 1. The maximum absolute atomic E-state index is 10.8.